The molecule has 2 amide bonds. The summed E-state index contributed by atoms with van der Waals surface area (Å²) in [5, 5.41) is 5.79. The molecular formula is C20H26N4O2. The lowest BCUT2D eigenvalue weighted by Crippen LogP contribution is -2.27. The third-order valence-electron chi connectivity index (χ3n) is 4.65. The summed E-state index contributed by atoms with van der Waals surface area (Å²) in [4.78, 5) is 29.5. The highest BCUT2D eigenvalue weighted by atomic mass is 16.2. The van der Waals surface area contributed by atoms with Gasteiger partial charge in [-0.3, -0.25) is 9.59 Å². The van der Waals surface area contributed by atoms with Crippen molar-refractivity contribution in [3.63, 3.8) is 0 Å². The van der Waals surface area contributed by atoms with E-state index in [1.54, 1.807) is 0 Å². The Morgan fingerprint density at radius 3 is 2.62 bits per heavy atom. The van der Waals surface area contributed by atoms with Gasteiger partial charge in [-0.05, 0) is 38.2 Å². The Hall–Kier alpha value is -2.63. The first kappa shape index (κ1) is 18.2. The van der Waals surface area contributed by atoms with Crippen LogP contribution in [0.1, 0.15) is 64.1 Å². The minimum absolute atomic E-state index is 0.185. The Bertz CT molecular complexity index is 793. The molecule has 1 aromatic carbocycles. The monoisotopic (exact) mass is 354 g/mol. The number of imidazole rings is 1. The second-order valence-corrected chi connectivity index (χ2v) is 6.76. The fourth-order valence-electron chi connectivity index (χ4n) is 3.19. The second kappa shape index (κ2) is 8.17. The third kappa shape index (κ3) is 3.95. The Balaban J connectivity index is 1.77. The van der Waals surface area contributed by atoms with Gasteiger partial charge in [-0.1, -0.05) is 36.8 Å². The molecule has 26 heavy (non-hydrogen) atoms. The van der Waals surface area contributed by atoms with E-state index >= 15 is 0 Å². The van der Waals surface area contributed by atoms with Gasteiger partial charge in [0.2, 0.25) is 0 Å². The largest absolute Gasteiger partial charge is 0.351 e. The van der Waals surface area contributed by atoms with Crippen molar-refractivity contribution in [2.75, 3.05) is 6.54 Å². The van der Waals surface area contributed by atoms with E-state index in [9.17, 15) is 9.59 Å². The quantitative estimate of drug-likeness (QED) is 0.837. The van der Waals surface area contributed by atoms with Gasteiger partial charge in [-0.2, -0.15) is 0 Å². The van der Waals surface area contributed by atoms with Gasteiger partial charge in [-0.15, -0.1) is 0 Å². The molecule has 0 saturated heterocycles. The molecule has 6 nitrogen and oxygen atoms in total. The molecule has 0 atom stereocenters. The Labute approximate surface area is 154 Å². The van der Waals surface area contributed by atoms with Crippen LogP contribution in [0, 0.1) is 6.92 Å². The topological polar surface area (TPSA) is 76.0 Å². The highest BCUT2D eigenvalue weighted by Gasteiger charge is 2.27. The van der Waals surface area contributed by atoms with E-state index in [1.807, 2.05) is 42.7 Å². The first-order valence-electron chi connectivity index (χ1n) is 9.31. The molecule has 2 aromatic rings. The normalized spacial score (nSPS) is 13.2. The fourth-order valence-corrected chi connectivity index (χ4v) is 3.19. The molecule has 0 bridgehead atoms. The maximum absolute atomic E-state index is 12.7. The maximum Gasteiger partial charge on any atom is 0.287 e. The average molecular weight is 354 g/mol. The number of benzene rings is 1. The highest BCUT2D eigenvalue weighted by Crippen LogP contribution is 2.21. The van der Waals surface area contributed by atoms with Gasteiger partial charge in [0.05, 0.1) is 5.69 Å². The van der Waals surface area contributed by atoms with Crippen LogP contribution in [0.15, 0.2) is 24.3 Å². The number of carbonyl (C=O) groups is 2. The van der Waals surface area contributed by atoms with Crippen LogP contribution in [-0.2, 0) is 19.5 Å². The lowest BCUT2D eigenvalue weighted by atomic mass is 10.1. The molecule has 1 aliphatic rings. The van der Waals surface area contributed by atoms with Gasteiger partial charge in [0.1, 0.15) is 5.69 Å². The molecular weight excluding hydrogens is 328 g/mol. The molecule has 0 spiro atoms. The van der Waals surface area contributed by atoms with Crippen molar-refractivity contribution in [2.45, 2.75) is 52.6 Å². The number of rotatable bonds is 6. The number of aromatic nitrogens is 2. The minimum atomic E-state index is -0.233. The predicted octanol–water partition coefficient (Wildman–Crippen LogP) is 2.60. The van der Waals surface area contributed by atoms with Gasteiger partial charge in [0.25, 0.3) is 11.8 Å². The molecule has 0 aliphatic carbocycles. The molecule has 3 rings (SSSR count). The van der Waals surface area contributed by atoms with Gasteiger partial charge in [-0.25, -0.2) is 4.98 Å². The van der Waals surface area contributed by atoms with Gasteiger partial charge in [0, 0.05) is 19.6 Å². The summed E-state index contributed by atoms with van der Waals surface area (Å²) >= 11 is 0. The predicted molar refractivity (Wildman–Crippen MR) is 100 cm³/mol. The second-order valence-electron chi connectivity index (χ2n) is 6.76. The van der Waals surface area contributed by atoms with Crippen LogP contribution < -0.4 is 10.6 Å². The van der Waals surface area contributed by atoms with Crippen LogP contribution in [-0.4, -0.2) is 27.9 Å². The van der Waals surface area contributed by atoms with Crippen LogP contribution in [0.3, 0.4) is 0 Å². The molecule has 2 heterocycles. The Morgan fingerprint density at radius 1 is 1.12 bits per heavy atom. The van der Waals surface area contributed by atoms with E-state index in [0.29, 0.717) is 24.6 Å². The number of carbonyl (C=O) groups excluding carboxylic acids is 2. The number of fused-ring (bicyclic) bond motifs is 1. The summed E-state index contributed by atoms with van der Waals surface area (Å²) in [6.45, 7) is 5.83. The van der Waals surface area contributed by atoms with Crippen molar-refractivity contribution < 1.29 is 9.59 Å². The molecule has 0 radical (unpaired) electrons. The maximum atomic E-state index is 12.7. The molecule has 1 aliphatic heterocycles. The summed E-state index contributed by atoms with van der Waals surface area (Å²) in [5.74, 6) is -0.0770. The molecule has 0 saturated carbocycles. The number of amides is 2. The average Bonchev–Trinajstić information content (AvgIpc) is 3.05. The zero-order valence-corrected chi connectivity index (χ0v) is 15.5. The van der Waals surface area contributed by atoms with Gasteiger partial charge >= 0.3 is 0 Å². The van der Waals surface area contributed by atoms with Crippen molar-refractivity contribution in [3.05, 3.63) is 52.6 Å². The molecule has 0 fully saturated rings. The molecule has 1 aromatic heterocycles. The van der Waals surface area contributed by atoms with Crippen LogP contribution >= 0.6 is 0 Å². The lowest BCUT2D eigenvalue weighted by molar-refractivity contribution is 0.0935. The molecule has 6 heteroatoms. The van der Waals surface area contributed by atoms with Crippen molar-refractivity contribution in [3.8, 4) is 0 Å². The van der Waals surface area contributed by atoms with E-state index in [1.165, 1.54) is 5.56 Å². The van der Waals surface area contributed by atoms with Crippen molar-refractivity contribution >= 4 is 11.8 Å². The van der Waals surface area contributed by atoms with Crippen LogP contribution in [0.4, 0.5) is 0 Å². The van der Waals surface area contributed by atoms with Crippen molar-refractivity contribution in [1.29, 1.82) is 0 Å². The zero-order chi connectivity index (χ0) is 18.5. The summed E-state index contributed by atoms with van der Waals surface area (Å²) in [6.07, 6.45) is 3.67. The Kier molecular flexibility index (Phi) is 5.71. The summed E-state index contributed by atoms with van der Waals surface area (Å²) in [6, 6.07) is 8.05. The zero-order valence-electron chi connectivity index (χ0n) is 15.5. The van der Waals surface area contributed by atoms with E-state index < -0.39 is 0 Å². The van der Waals surface area contributed by atoms with E-state index in [-0.39, 0.29) is 11.8 Å². The Morgan fingerprint density at radius 2 is 1.88 bits per heavy atom. The van der Waals surface area contributed by atoms with E-state index in [4.69, 9.17) is 0 Å². The summed E-state index contributed by atoms with van der Waals surface area (Å²) < 4.78 is 1.91. The first-order chi connectivity index (χ1) is 12.6. The van der Waals surface area contributed by atoms with Crippen molar-refractivity contribution in [2.24, 2.45) is 0 Å². The van der Waals surface area contributed by atoms with Crippen LogP contribution in [0.5, 0.6) is 0 Å². The van der Waals surface area contributed by atoms with E-state index in [0.717, 1.165) is 43.5 Å². The fraction of sp³-hybridized carbons (Fsp3) is 0.450. The van der Waals surface area contributed by atoms with Crippen LogP contribution in [0.2, 0.25) is 0 Å². The van der Waals surface area contributed by atoms with Crippen LogP contribution in [0.25, 0.3) is 0 Å². The number of nitrogens with one attached hydrogen (secondary N) is 2. The SMILES string of the molecule is CCCNC(=O)c1nc(C(=O)NCc2ccc(C)cc2)n2c1CCCC2. The number of nitrogens with zero attached hydrogens (tertiary/aromatic N) is 2. The smallest absolute Gasteiger partial charge is 0.287 e. The molecule has 2 N–H and O–H groups in total. The van der Waals surface area contributed by atoms with Crippen molar-refractivity contribution in [1.82, 2.24) is 20.2 Å². The minimum Gasteiger partial charge on any atom is -0.351 e. The first-order valence-corrected chi connectivity index (χ1v) is 9.31. The molecule has 0 unspecified atom stereocenters. The summed E-state index contributed by atoms with van der Waals surface area (Å²) in [5.41, 5.74) is 3.50. The van der Waals surface area contributed by atoms with Gasteiger partial charge < -0.3 is 15.2 Å². The number of hydrogen-bond acceptors (Lipinski definition) is 3. The lowest BCUT2D eigenvalue weighted by Gasteiger charge is -2.17. The third-order valence-corrected chi connectivity index (χ3v) is 4.65. The molecule has 138 valence electrons. The number of aryl methyl sites for hydroxylation is 1. The highest BCUT2D eigenvalue weighted by molar-refractivity contribution is 5.97. The van der Waals surface area contributed by atoms with E-state index in [2.05, 4.69) is 15.6 Å². The standard InChI is InChI=1S/C20H26N4O2/c1-3-11-21-19(25)17-16-6-4-5-12-24(16)18(23-17)20(26)22-13-15-9-7-14(2)8-10-15/h7-10H,3-6,11-13H2,1-2H3,(H,21,25)(H,22,26). The number of hydrogen-bond donors (Lipinski definition) is 2. The van der Waals surface area contributed by atoms with Gasteiger partial charge in [0.15, 0.2) is 5.82 Å². The summed E-state index contributed by atoms with van der Waals surface area (Å²) in [7, 11) is 0.